The summed E-state index contributed by atoms with van der Waals surface area (Å²) in [7, 11) is 0. The minimum atomic E-state index is -0.719. The Morgan fingerprint density at radius 3 is 2.53 bits per heavy atom. The lowest BCUT2D eigenvalue weighted by Gasteiger charge is -2.17. The summed E-state index contributed by atoms with van der Waals surface area (Å²) in [6, 6.07) is 6.41. The maximum atomic E-state index is 9.48. The number of ether oxygens (including phenoxy) is 1. The number of hydrogen-bond donors (Lipinski definition) is 3. The fraction of sp³-hybridized carbons (Fsp3) is 0.350. The SMILES string of the molecule is CCNc1ccc(-c2nc(-c3cc(Cl)c(OC[C@H](N)[C@@H](C)O)c(Cl)c3)no2)nc1C. The molecule has 8 nitrogen and oxygen atoms in total. The first-order chi connectivity index (χ1) is 14.3. The Labute approximate surface area is 184 Å². The molecule has 30 heavy (non-hydrogen) atoms. The third kappa shape index (κ3) is 5.02. The van der Waals surface area contributed by atoms with Gasteiger partial charge >= 0.3 is 0 Å². The van der Waals surface area contributed by atoms with Crippen LogP contribution in [0, 0.1) is 6.92 Å². The van der Waals surface area contributed by atoms with E-state index in [0.717, 1.165) is 17.9 Å². The largest absolute Gasteiger partial charge is 0.489 e. The fourth-order valence-corrected chi connectivity index (χ4v) is 3.24. The number of halogens is 2. The summed E-state index contributed by atoms with van der Waals surface area (Å²) in [6.45, 7) is 6.38. The number of aromatic nitrogens is 3. The molecule has 3 aromatic rings. The average Bonchev–Trinajstić information content (AvgIpc) is 3.19. The molecule has 0 aliphatic rings. The molecule has 0 bridgehead atoms. The zero-order valence-corrected chi connectivity index (χ0v) is 18.3. The van der Waals surface area contributed by atoms with Crippen molar-refractivity contribution in [2.75, 3.05) is 18.5 Å². The molecule has 1 aromatic carbocycles. The molecule has 2 atom stereocenters. The van der Waals surface area contributed by atoms with Gasteiger partial charge in [-0.2, -0.15) is 4.98 Å². The molecule has 2 aromatic heterocycles. The summed E-state index contributed by atoms with van der Waals surface area (Å²) in [6.07, 6.45) is -0.719. The van der Waals surface area contributed by atoms with Gasteiger partial charge in [-0.15, -0.1) is 0 Å². The van der Waals surface area contributed by atoms with Crippen molar-refractivity contribution in [2.45, 2.75) is 32.9 Å². The molecule has 0 radical (unpaired) electrons. The maximum absolute atomic E-state index is 9.48. The summed E-state index contributed by atoms with van der Waals surface area (Å²) < 4.78 is 10.9. The number of benzene rings is 1. The predicted molar refractivity (Wildman–Crippen MR) is 117 cm³/mol. The molecule has 0 aliphatic carbocycles. The summed E-state index contributed by atoms with van der Waals surface area (Å²) in [5.41, 5.74) is 8.69. The Kier molecular flexibility index (Phi) is 7.14. The molecule has 0 spiro atoms. The van der Waals surface area contributed by atoms with Crippen molar-refractivity contribution in [3.63, 3.8) is 0 Å². The zero-order valence-electron chi connectivity index (χ0n) is 16.8. The Hall–Kier alpha value is -2.39. The number of aliphatic hydroxyl groups is 1. The van der Waals surface area contributed by atoms with Crippen LogP contribution in [0.2, 0.25) is 10.0 Å². The second-order valence-corrected chi connectivity index (χ2v) is 7.58. The molecular weight excluding hydrogens is 429 g/mol. The van der Waals surface area contributed by atoms with Gasteiger partial charge in [0.15, 0.2) is 5.75 Å². The number of anilines is 1. The molecule has 0 saturated heterocycles. The van der Waals surface area contributed by atoms with Crippen LogP contribution in [0.3, 0.4) is 0 Å². The molecular formula is C20H23Cl2N5O3. The topological polar surface area (TPSA) is 119 Å². The number of nitrogens with two attached hydrogens (primary N) is 1. The quantitative estimate of drug-likeness (QED) is 0.470. The van der Waals surface area contributed by atoms with Crippen molar-refractivity contribution in [3.05, 3.63) is 40.0 Å². The van der Waals surface area contributed by atoms with Crippen LogP contribution in [0.1, 0.15) is 19.5 Å². The van der Waals surface area contributed by atoms with E-state index in [2.05, 4.69) is 20.4 Å². The highest BCUT2D eigenvalue weighted by Gasteiger charge is 2.18. The lowest BCUT2D eigenvalue weighted by Crippen LogP contribution is -2.38. The van der Waals surface area contributed by atoms with Gasteiger partial charge in [-0.05, 0) is 45.0 Å². The van der Waals surface area contributed by atoms with Gasteiger partial charge in [0.2, 0.25) is 5.82 Å². The highest BCUT2D eigenvalue weighted by atomic mass is 35.5. The Morgan fingerprint density at radius 2 is 1.93 bits per heavy atom. The summed E-state index contributed by atoms with van der Waals surface area (Å²) in [5, 5.41) is 17.3. The summed E-state index contributed by atoms with van der Waals surface area (Å²) in [5.74, 6) is 0.876. The molecule has 10 heteroatoms. The normalized spacial score (nSPS) is 13.2. The third-order valence-electron chi connectivity index (χ3n) is 4.39. The van der Waals surface area contributed by atoms with Gasteiger partial charge in [-0.3, -0.25) is 0 Å². The van der Waals surface area contributed by atoms with E-state index in [0.29, 0.717) is 17.1 Å². The van der Waals surface area contributed by atoms with Gasteiger partial charge in [0.05, 0.1) is 33.6 Å². The molecule has 0 amide bonds. The van der Waals surface area contributed by atoms with Crippen LogP contribution in [0.15, 0.2) is 28.8 Å². The first-order valence-electron chi connectivity index (χ1n) is 9.41. The van der Waals surface area contributed by atoms with Gasteiger partial charge < -0.3 is 25.4 Å². The molecule has 0 fully saturated rings. The standard InChI is InChI=1S/C20H23Cl2N5O3/c1-4-24-16-5-6-17(25-10(16)2)20-26-19(27-30-20)12-7-13(21)18(14(22)8-12)29-9-15(23)11(3)28/h5-8,11,15,24,28H,4,9,23H2,1-3H3/t11-,15+/m1/s1. The number of nitrogens with zero attached hydrogens (tertiary/aromatic N) is 3. The van der Waals surface area contributed by atoms with Gasteiger partial charge in [0, 0.05) is 12.1 Å². The van der Waals surface area contributed by atoms with E-state index in [1.54, 1.807) is 19.1 Å². The van der Waals surface area contributed by atoms with E-state index in [1.165, 1.54) is 0 Å². The Morgan fingerprint density at radius 1 is 1.23 bits per heavy atom. The van der Waals surface area contributed by atoms with Gasteiger partial charge in [-0.25, -0.2) is 4.98 Å². The van der Waals surface area contributed by atoms with Crippen LogP contribution in [-0.4, -0.2) is 45.5 Å². The van der Waals surface area contributed by atoms with Crippen LogP contribution >= 0.6 is 23.2 Å². The van der Waals surface area contributed by atoms with Crippen molar-refractivity contribution in [2.24, 2.45) is 5.73 Å². The van der Waals surface area contributed by atoms with Crippen LogP contribution in [0.4, 0.5) is 5.69 Å². The third-order valence-corrected chi connectivity index (χ3v) is 4.96. The van der Waals surface area contributed by atoms with E-state index in [4.69, 9.17) is 38.2 Å². The van der Waals surface area contributed by atoms with Crippen LogP contribution in [0.5, 0.6) is 5.75 Å². The number of hydrogen-bond acceptors (Lipinski definition) is 8. The van der Waals surface area contributed by atoms with Crippen molar-refractivity contribution >= 4 is 28.9 Å². The van der Waals surface area contributed by atoms with Gasteiger partial charge in [0.25, 0.3) is 5.89 Å². The fourth-order valence-electron chi connectivity index (χ4n) is 2.65. The molecule has 160 valence electrons. The molecule has 0 saturated carbocycles. The maximum Gasteiger partial charge on any atom is 0.276 e. The average molecular weight is 452 g/mol. The second kappa shape index (κ2) is 9.61. The second-order valence-electron chi connectivity index (χ2n) is 6.77. The van der Waals surface area contributed by atoms with E-state index in [9.17, 15) is 5.11 Å². The lowest BCUT2D eigenvalue weighted by atomic mass is 10.2. The number of aryl methyl sites for hydroxylation is 1. The number of aliphatic hydroxyl groups excluding tert-OH is 1. The Balaban J connectivity index is 1.82. The monoisotopic (exact) mass is 451 g/mol. The predicted octanol–water partition coefficient (Wildman–Crippen LogP) is 3.93. The van der Waals surface area contributed by atoms with Crippen molar-refractivity contribution < 1.29 is 14.4 Å². The van der Waals surface area contributed by atoms with E-state index in [1.807, 2.05) is 26.0 Å². The molecule has 0 aliphatic heterocycles. The molecule has 2 heterocycles. The minimum absolute atomic E-state index is 0.0662. The molecule has 4 N–H and O–H groups in total. The first kappa shape index (κ1) is 22.3. The van der Waals surface area contributed by atoms with Crippen molar-refractivity contribution in [3.8, 4) is 28.7 Å². The first-order valence-corrected chi connectivity index (χ1v) is 10.2. The zero-order chi connectivity index (χ0) is 21.8. The van der Waals surface area contributed by atoms with Gasteiger partial charge in [-0.1, -0.05) is 28.4 Å². The summed E-state index contributed by atoms with van der Waals surface area (Å²) in [4.78, 5) is 8.92. The molecule has 3 rings (SSSR count). The van der Waals surface area contributed by atoms with E-state index in [-0.39, 0.29) is 28.3 Å². The summed E-state index contributed by atoms with van der Waals surface area (Å²) >= 11 is 12.6. The smallest absolute Gasteiger partial charge is 0.276 e. The van der Waals surface area contributed by atoms with Crippen LogP contribution in [-0.2, 0) is 0 Å². The van der Waals surface area contributed by atoms with E-state index < -0.39 is 12.1 Å². The highest BCUT2D eigenvalue weighted by Crippen LogP contribution is 2.37. The van der Waals surface area contributed by atoms with Gasteiger partial charge in [0.1, 0.15) is 12.3 Å². The number of rotatable bonds is 8. The van der Waals surface area contributed by atoms with Crippen molar-refractivity contribution in [1.29, 1.82) is 0 Å². The Bertz CT molecular complexity index is 1000. The minimum Gasteiger partial charge on any atom is -0.489 e. The van der Waals surface area contributed by atoms with Crippen LogP contribution < -0.4 is 15.8 Å². The number of nitrogens with one attached hydrogen (secondary N) is 1. The number of pyridine rings is 1. The van der Waals surface area contributed by atoms with Crippen LogP contribution in [0.25, 0.3) is 23.0 Å². The molecule has 0 unspecified atom stereocenters. The van der Waals surface area contributed by atoms with Crippen molar-refractivity contribution in [1.82, 2.24) is 15.1 Å². The van der Waals surface area contributed by atoms with E-state index >= 15 is 0 Å². The lowest BCUT2D eigenvalue weighted by molar-refractivity contribution is 0.131. The highest BCUT2D eigenvalue weighted by molar-refractivity contribution is 6.37.